The van der Waals surface area contributed by atoms with Crippen molar-refractivity contribution in [2.75, 3.05) is 0 Å². The zero-order chi connectivity index (χ0) is 19.1. The van der Waals surface area contributed by atoms with E-state index in [2.05, 4.69) is 77.9 Å². The summed E-state index contributed by atoms with van der Waals surface area (Å²) in [6.07, 6.45) is 7.62. The van der Waals surface area contributed by atoms with Crippen LogP contribution in [0, 0.1) is 23.7 Å². The average molecular weight is 353 g/mol. The lowest BCUT2D eigenvalue weighted by atomic mass is 9.81. The van der Waals surface area contributed by atoms with Crippen molar-refractivity contribution in [1.29, 1.82) is 0 Å². The molecule has 0 aliphatic rings. The van der Waals surface area contributed by atoms with Gasteiger partial charge in [0, 0.05) is 0 Å². The molecule has 0 aliphatic carbocycles. The van der Waals surface area contributed by atoms with Crippen LogP contribution >= 0.6 is 0 Å². The van der Waals surface area contributed by atoms with Crippen molar-refractivity contribution in [3.8, 4) is 0 Å². The number of fused-ring (bicyclic) bond motifs is 1. The zero-order valence-electron chi connectivity index (χ0n) is 18.0. The highest BCUT2D eigenvalue weighted by molar-refractivity contribution is 5.89. The van der Waals surface area contributed by atoms with Crippen LogP contribution in [-0.2, 0) is 12.8 Å². The zero-order valence-corrected chi connectivity index (χ0v) is 18.0. The van der Waals surface area contributed by atoms with Crippen LogP contribution in [0.2, 0.25) is 0 Å². The minimum Gasteiger partial charge on any atom is -0.0651 e. The Hall–Kier alpha value is -1.30. The Bertz CT molecular complexity index is 662. The van der Waals surface area contributed by atoms with Gasteiger partial charge in [-0.15, -0.1) is 0 Å². The van der Waals surface area contributed by atoms with Crippen molar-refractivity contribution < 1.29 is 0 Å². The maximum atomic E-state index is 2.43. The van der Waals surface area contributed by atoms with E-state index in [0.717, 1.165) is 23.7 Å². The van der Waals surface area contributed by atoms with Crippen LogP contribution < -0.4 is 0 Å². The molecule has 0 saturated heterocycles. The summed E-state index contributed by atoms with van der Waals surface area (Å²) in [5.74, 6) is 3.16. The molecule has 0 amide bonds. The summed E-state index contributed by atoms with van der Waals surface area (Å²) in [6, 6.07) is 13.9. The third-order valence-electron chi connectivity index (χ3n) is 6.42. The van der Waals surface area contributed by atoms with E-state index in [1.807, 2.05) is 0 Å². The molecule has 0 spiro atoms. The monoisotopic (exact) mass is 352 g/mol. The molecule has 144 valence electrons. The lowest BCUT2D eigenvalue weighted by Crippen LogP contribution is -2.14. The average Bonchev–Trinajstić information content (AvgIpc) is 2.64. The smallest absolute Gasteiger partial charge is 0.0120 e. The maximum absolute atomic E-state index is 2.43. The van der Waals surface area contributed by atoms with Crippen molar-refractivity contribution in [1.82, 2.24) is 0 Å². The minimum absolute atomic E-state index is 0.782. The Morgan fingerprint density at radius 1 is 0.731 bits per heavy atom. The first-order valence-electron chi connectivity index (χ1n) is 11.0. The van der Waals surface area contributed by atoms with Crippen LogP contribution in [0.15, 0.2) is 36.4 Å². The van der Waals surface area contributed by atoms with E-state index in [-0.39, 0.29) is 0 Å². The number of rotatable bonds is 10. The summed E-state index contributed by atoms with van der Waals surface area (Å²) in [5.41, 5.74) is 3.15. The van der Waals surface area contributed by atoms with E-state index < -0.39 is 0 Å². The Morgan fingerprint density at radius 2 is 1.35 bits per heavy atom. The molecular formula is C26H40. The summed E-state index contributed by atoms with van der Waals surface area (Å²) in [7, 11) is 0. The van der Waals surface area contributed by atoms with Crippen LogP contribution in [0.4, 0.5) is 0 Å². The van der Waals surface area contributed by atoms with Crippen molar-refractivity contribution >= 4 is 10.8 Å². The summed E-state index contributed by atoms with van der Waals surface area (Å²) < 4.78 is 0. The van der Waals surface area contributed by atoms with Gasteiger partial charge in [0.25, 0.3) is 0 Å². The first-order valence-corrected chi connectivity index (χ1v) is 11.0. The number of benzene rings is 2. The molecule has 2 rings (SSSR count). The van der Waals surface area contributed by atoms with Crippen molar-refractivity contribution in [3.05, 3.63) is 47.5 Å². The number of hydrogen-bond acceptors (Lipinski definition) is 0. The van der Waals surface area contributed by atoms with Crippen molar-refractivity contribution in [2.45, 2.75) is 80.1 Å². The fraction of sp³-hybridized carbons (Fsp3) is 0.615. The maximum Gasteiger partial charge on any atom is -0.0120 e. The van der Waals surface area contributed by atoms with Gasteiger partial charge < -0.3 is 0 Å². The van der Waals surface area contributed by atoms with Gasteiger partial charge in [-0.2, -0.15) is 0 Å². The summed E-state index contributed by atoms with van der Waals surface area (Å²) >= 11 is 0. The quantitative estimate of drug-likeness (QED) is 0.405. The predicted octanol–water partition coefficient (Wildman–Crippen LogP) is 8.07. The Labute approximate surface area is 162 Å². The molecule has 0 aromatic heterocycles. The van der Waals surface area contributed by atoms with E-state index in [9.17, 15) is 0 Å². The third-order valence-corrected chi connectivity index (χ3v) is 6.42. The van der Waals surface area contributed by atoms with Gasteiger partial charge in [0.2, 0.25) is 0 Å². The summed E-state index contributed by atoms with van der Waals surface area (Å²) in [6.45, 7) is 14.2. The summed E-state index contributed by atoms with van der Waals surface area (Å²) in [5, 5.41) is 2.98. The normalized spacial score (nSPS) is 15.3. The van der Waals surface area contributed by atoms with Gasteiger partial charge in [-0.05, 0) is 64.8 Å². The van der Waals surface area contributed by atoms with Crippen LogP contribution in [0.25, 0.3) is 10.8 Å². The van der Waals surface area contributed by atoms with Gasteiger partial charge in [0.15, 0.2) is 0 Å². The predicted molar refractivity (Wildman–Crippen MR) is 118 cm³/mol. The van der Waals surface area contributed by atoms with Gasteiger partial charge in [-0.25, -0.2) is 0 Å². The molecule has 2 aromatic rings. The molecule has 0 radical (unpaired) electrons. The van der Waals surface area contributed by atoms with E-state index in [1.165, 1.54) is 43.9 Å². The van der Waals surface area contributed by atoms with Crippen LogP contribution in [0.1, 0.15) is 78.4 Å². The van der Waals surface area contributed by atoms with Gasteiger partial charge in [0.05, 0.1) is 0 Å². The van der Waals surface area contributed by atoms with Gasteiger partial charge in [-0.3, -0.25) is 0 Å². The third kappa shape index (κ3) is 5.35. The first kappa shape index (κ1) is 21.0. The van der Waals surface area contributed by atoms with E-state index in [4.69, 9.17) is 0 Å². The molecule has 0 N–H and O–H groups in total. The molecule has 0 aliphatic heterocycles. The van der Waals surface area contributed by atoms with E-state index in [1.54, 1.807) is 16.5 Å². The molecule has 0 fully saturated rings. The Balaban J connectivity index is 2.39. The second-order valence-corrected chi connectivity index (χ2v) is 8.80. The van der Waals surface area contributed by atoms with Crippen LogP contribution in [0.3, 0.4) is 0 Å². The minimum atomic E-state index is 0.782. The van der Waals surface area contributed by atoms with Crippen molar-refractivity contribution in [2.24, 2.45) is 23.7 Å². The fourth-order valence-corrected chi connectivity index (χ4v) is 4.58. The summed E-state index contributed by atoms with van der Waals surface area (Å²) in [4.78, 5) is 0. The fourth-order valence-electron chi connectivity index (χ4n) is 4.58. The topological polar surface area (TPSA) is 0 Å². The van der Waals surface area contributed by atoms with Gasteiger partial charge in [0.1, 0.15) is 0 Å². The largest absolute Gasteiger partial charge is 0.0651 e. The molecule has 0 heterocycles. The Kier molecular flexibility index (Phi) is 8.19. The highest BCUT2D eigenvalue weighted by Crippen LogP contribution is 2.31. The Morgan fingerprint density at radius 3 is 1.85 bits per heavy atom. The molecule has 3 unspecified atom stereocenters. The lowest BCUT2D eigenvalue weighted by Gasteiger charge is -2.24. The molecule has 2 aromatic carbocycles. The molecule has 0 bridgehead atoms. The highest BCUT2D eigenvalue weighted by Gasteiger charge is 2.18. The van der Waals surface area contributed by atoms with E-state index in [0.29, 0.717) is 0 Å². The van der Waals surface area contributed by atoms with Crippen LogP contribution in [0.5, 0.6) is 0 Å². The van der Waals surface area contributed by atoms with Gasteiger partial charge >= 0.3 is 0 Å². The molecule has 0 heteroatoms. The number of hydrogen-bond donors (Lipinski definition) is 0. The lowest BCUT2D eigenvalue weighted by molar-refractivity contribution is 0.336. The second-order valence-electron chi connectivity index (χ2n) is 8.80. The van der Waals surface area contributed by atoms with Gasteiger partial charge in [-0.1, -0.05) is 97.2 Å². The standard InChI is InChI=1S/C26H40/c1-7-20(6)22(9-3)18-25-15-11-13-23-12-10-14-24(26(23)25)17-21(8-2)16-19(4)5/h10-15,19-22H,7-9,16-18H2,1-6H3. The molecular weight excluding hydrogens is 312 g/mol. The first-order chi connectivity index (χ1) is 12.5. The molecule has 0 saturated carbocycles. The van der Waals surface area contributed by atoms with Crippen molar-refractivity contribution in [3.63, 3.8) is 0 Å². The SMILES string of the molecule is CCC(Cc1cccc2cccc(CC(CC)C(C)CC)c12)CC(C)C. The van der Waals surface area contributed by atoms with E-state index >= 15 is 0 Å². The highest BCUT2D eigenvalue weighted by atomic mass is 14.2. The molecule has 0 nitrogen and oxygen atoms in total. The molecule has 3 atom stereocenters. The molecule has 26 heavy (non-hydrogen) atoms. The van der Waals surface area contributed by atoms with Crippen LogP contribution in [-0.4, -0.2) is 0 Å². The second kappa shape index (κ2) is 10.1.